The first-order chi connectivity index (χ1) is 10.6. The molecule has 1 fully saturated rings. The van der Waals surface area contributed by atoms with E-state index in [1.807, 2.05) is 18.2 Å². The summed E-state index contributed by atoms with van der Waals surface area (Å²) >= 11 is 0. The van der Waals surface area contributed by atoms with Crippen LogP contribution in [0, 0.1) is 5.92 Å². The van der Waals surface area contributed by atoms with Gasteiger partial charge in [0, 0.05) is 19.0 Å². The Balaban J connectivity index is 1.74. The Morgan fingerprint density at radius 3 is 2.50 bits per heavy atom. The second-order valence-corrected chi connectivity index (χ2v) is 6.82. The van der Waals surface area contributed by atoms with Crippen molar-refractivity contribution in [2.45, 2.75) is 52.0 Å². The molecule has 0 aromatic heterocycles. The Morgan fingerprint density at radius 2 is 1.86 bits per heavy atom. The number of benzene rings is 1. The quantitative estimate of drug-likeness (QED) is 0.799. The first-order valence-corrected chi connectivity index (χ1v) is 8.70. The number of hydrogen-bond acceptors (Lipinski definition) is 2. The Bertz CT molecular complexity index is 438. The van der Waals surface area contributed by atoms with Crippen molar-refractivity contribution in [1.29, 1.82) is 0 Å². The van der Waals surface area contributed by atoms with Crippen LogP contribution in [-0.2, 0) is 11.2 Å². The Hall–Kier alpha value is -1.35. The number of nitrogens with zero attached hydrogens (tertiary/aromatic N) is 1. The van der Waals surface area contributed by atoms with Crippen LogP contribution in [-0.4, -0.2) is 36.5 Å². The average molecular weight is 302 g/mol. The average Bonchev–Trinajstić information content (AvgIpc) is 3.04. The first kappa shape index (κ1) is 17.0. The van der Waals surface area contributed by atoms with Crippen molar-refractivity contribution in [1.82, 2.24) is 10.2 Å². The maximum atomic E-state index is 12.1. The maximum absolute atomic E-state index is 12.1. The first-order valence-electron chi connectivity index (χ1n) is 8.70. The number of amides is 1. The van der Waals surface area contributed by atoms with Crippen molar-refractivity contribution in [3.8, 4) is 0 Å². The van der Waals surface area contributed by atoms with Crippen LogP contribution >= 0.6 is 0 Å². The highest BCUT2D eigenvalue weighted by Gasteiger charge is 2.23. The van der Waals surface area contributed by atoms with Gasteiger partial charge >= 0.3 is 0 Å². The summed E-state index contributed by atoms with van der Waals surface area (Å²) in [6, 6.07) is 10.7. The molecule has 0 spiro atoms. The zero-order valence-electron chi connectivity index (χ0n) is 14.1. The molecule has 1 N–H and O–H groups in total. The summed E-state index contributed by atoms with van der Waals surface area (Å²) in [5.41, 5.74) is 1.23. The van der Waals surface area contributed by atoms with E-state index in [0.717, 1.165) is 13.0 Å². The van der Waals surface area contributed by atoms with Gasteiger partial charge in [-0.25, -0.2) is 0 Å². The van der Waals surface area contributed by atoms with Gasteiger partial charge in [-0.2, -0.15) is 0 Å². The predicted octanol–water partition coefficient (Wildman–Crippen LogP) is 3.25. The smallest absolute Gasteiger partial charge is 0.220 e. The van der Waals surface area contributed by atoms with Crippen molar-refractivity contribution < 1.29 is 4.79 Å². The molecule has 1 unspecified atom stereocenters. The fourth-order valence-electron chi connectivity index (χ4n) is 3.23. The number of rotatable bonds is 8. The van der Waals surface area contributed by atoms with Crippen molar-refractivity contribution in [3.63, 3.8) is 0 Å². The zero-order chi connectivity index (χ0) is 15.8. The molecule has 0 aliphatic carbocycles. The monoisotopic (exact) mass is 302 g/mol. The highest BCUT2D eigenvalue weighted by Crippen LogP contribution is 2.17. The molecule has 0 saturated carbocycles. The lowest BCUT2D eigenvalue weighted by molar-refractivity contribution is -0.121. The van der Waals surface area contributed by atoms with E-state index in [9.17, 15) is 4.79 Å². The summed E-state index contributed by atoms with van der Waals surface area (Å²) in [6.45, 7) is 7.71. The molecular weight excluding hydrogens is 272 g/mol. The fourth-order valence-corrected chi connectivity index (χ4v) is 3.23. The molecule has 1 saturated heterocycles. The van der Waals surface area contributed by atoms with Crippen molar-refractivity contribution >= 4 is 5.91 Å². The third kappa shape index (κ3) is 5.80. The summed E-state index contributed by atoms with van der Waals surface area (Å²) in [5.74, 6) is 0.851. The third-order valence-electron chi connectivity index (χ3n) is 4.42. The second kappa shape index (κ2) is 8.94. The number of hydrogen-bond donors (Lipinski definition) is 1. The molecule has 0 radical (unpaired) electrons. The second-order valence-electron chi connectivity index (χ2n) is 6.82. The number of carbonyl (C=O) groups excluding carboxylic acids is 1. The standard InChI is InChI=1S/C19H30N2O/c1-16(2)14-18(21-12-6-7-13-21)15-20-19(22)11-10-17-8-4-3-5-9-17/h3-5,8-9,16,18H,6-7,10-15H2,1-2H3,(H,20,22). The van der Waals surface area contributed by atoms with Gasteiger partial charge in [0.2, 0.25) is 5.91 Å². The van der Waals surface area contributed by atoms with Gasteiger partial charge in [-0.3, -0.25) is 9.69 Å². The normalized spacial score (nSPS) is 16.9. The van der Waals surface area contributed by atoms with Gasteiger partial charge in [0.15, 0.2) is 0 Å². The molecule has 1 aromatic carbocycles. The van der Waals surface area contributed by atoms with Crippen LogP contribution in [0.15, 0.2) is 30.3 Å². The van der Waals surface area contributed by atoms with Gasteiger partial charge < -0.3 is 5.32 Å². The summed E-state index contributed by atoms with van der Waals surface area (Å²) in [4.78, 5) is 14.6. The van der Waals surface area contributed by atoms with Crippen molar-refractivity contribution in [2.75, 3.05) is 19.6 Å². The van der Waals surface area contributed by atoms with Crippen LogP contribution < -0.4 is 5.32 Å². The van der Waals surface area contributed by atoms with Gasteiger partial charge in [-0.05, 0) is 50.3 Å². The largest absolute Gasteiger partial charge is 0.355 e. The van der Waals surface area contributed by atoms with E-state index in [0.29, 0.717) is 18.4 Å². The molecule has 3 nitrogen and oxygen atoms in total. The Labute approximate surface area is 135 Å². The summed E-state index contributed by atoms with van der Waals surface area (Å²) in [6.07, 6.45) is 5.18. The molecule has 1 aliphatic heterocycles. The topological polar surface area (TPSA) is 32.3 Å². The van der Waals surface area contributed by atoms with E-state index < -0.39 is 0 Å². The van der Waals surface area contributed by atoms with Crippen molar-refractivity contribution in [3.05, 3.63) is 35.9 Å². The molecule has 1 atom stereocenters. The fraction of sp³-hybridized carbons (Fsp3) is 0.632. The number of nitrogens with one attached hydrogen (secondary N) is 1. The molecule has 1 aliphatic rings. The van der Waals surface area contributed by atoms with Crippen LogP contribution in [0.25, 0.3) is 0 Å². The Morgan fingerprint density at radius 1 is 1.18 bits per heavy atom. The predicted molar refractivity (Wildman–Crippen MR) is 91.8 cm³/mol. The third-order valence-corrected chi connectivity index (χ3v) is 4.42. The van der Waals surface area contributed by atoms with E-state index in [1.54, 1.807) is 0 Å². The Kier molecular flexibility index (Phi) is 6.91. The summed E-state index contributed by atoms with van der Waals surface area (Å²) in [5, 5.41) is 3.15. The molecule has 122 valence electrons. The molecule has 22 heavy (non-hydrogen) atoms. The lowest BCUT2D eigenvalue weighted by Gasteiger charge is -2.29. The molecular formula is C19H30N2O. The molecule has 1 aromatic rings. The van der Waals surface area contributed by atoms with Crippen LogP contribution in [0.4, 0.5) is 0 Å². The minimum absolute atomic E-state index is 0.178. The van der Waals surface area contributed by atoms with E-state index in [-0.39, 0.29) is 5.91 Å². The maximum Gasteiger partial charge on any atom is 0.220 e. The lowest BCUT2D eigenvalue weighted by atomic mass is 10.0. The molecule has 3 heteroatoms. The van der Waals surface area contributed by atoms with E-state index >= 15 is 0 Å². The molecule has 1 amide bonds. The van der Waals surface area contributed by atoms with Crippen LogP contribution in [0.2, 0.25) is 0 Å². The minimum atomic E-state index is 0.178. The highest BCUT2D eigenvalue weighted by atomic mass is 16.1. The number of aryl methyl sites for hydroxylation is 1. The van der Waals surface area contributed by atoms with E-state index in [4.69, 9.17) is 0 Å². The van der Waals surface area contributed by atoms with Gasteiger partial charge in [0.05, 0.1) is 0 Å². The SMILES string of the molecule is CC(C)CC(CNC(=O)CCc1ccccc1)N1CCCC1. The molecule has 2 rings (SSSR count). The lowest BCUT2D eigenvalue weighted by Crippen LogP contribution is -2.43. The van der Waals surface area contributed by atoms with Gasteiger partial charge in [-0.1, -0.05) is 44.2 Å². The van der Waals surface area contributed by atoms with Crippen LogP contribution in [0.3, 0.4) is 0 Å². The van der Waals surface area contributed by atoms with Crippen LogP contribution in [0.5, 0.6) is 0 Å². The summed E-state index contributed by atoms with van der Waals surface area (Å²) < 4.78 is 0. The summed E-state index contributed by atoms with van der Waals surface area (Å²) in [7, 11) is 0. The van der Waals surface area contributed by atoms with E-state index in [2.05, 4.69) is 36.2 Å². The van der Waals surface area contributed by atoms with Gasteiger partial charge in [0.1, 0.15) is 0 Å². The molecule has 0 bridgehead atoms. The highest BCUT2D eigenvalue weighted by molar-refractivity contribution is 5.76. The van der Waals surface area contributed by atoms with Gasteiger partial charge in [-0.15, -0.1) is 0 Å². The zero-order valence-corrected chi connectivity index (χ0v) is 14.1. The van der Waals surface area contributed by atoms with Gasteiger partial charge in [0.25, 0.3) is 0 Å². The molecule has 1 heterocycles. The number of carbonyl (C=O) groups is 1. The number of likely N-dealkylation sites (tertiary alicyclic amines) is 1. The van der Waals surface area contributed by atoms with Crippen molar-refractivity contribution in [2.24, 2.45) is 5.92 Å². The van der Waals surface area contributed by atoms with Crippen LogP contribution in [0.1, 0.15) is 45.1 Å². The minimum Gasteiger partial charge on any atom is -0.355 e. The van der Waals surface area contributed by atoms with E-state index in [1.165, 1.54) is 37.9 Å².